The third kappa shape index (κ3) is 7.07. The van der Waals surface area contributed by atoms with Gasteiger partial charge in [0.2, 0.25) is 11.9 Å². The van der Waals surface area contributed by atoms with Gasteiger partial charge in [-0.2, -0.15) is 0 Å². The highest BCUT2D eigenvalue weighted by Crippen LogP contribution is 2.61. The molecule has 12 heteroatoms. The molecule has 1 aromatic rings. The number of piperazine rings is 1. The van der Waals surface area contributed by atoms with Crippen molar-refractivity contribution in [3.63, 3.8) is 0 Å². The Hall–Kier alpha value is -3.21. The van der Waals surface area contributed by atoms with Gasteiger partial charge in [0.15, 0.2) is 0 Å². The lowest BCUT2D eigenvalue weighted by molar-refractivity contribution is -0.112. The summed E-state index contributed by atoms with van der Waals surface area (Å²) < 4.78 is 0. The Morgan fingerprint density at radius 2 is 1.92 bits per heavy atom. The molecule has 7 rings (SSSR count). The van der Waals surface area contributed by atoms with Crippen LogP contribution in [0.4, 0.5) is 4.79 Å². The summed E-state index contributed by atoms with van der Waals surface area (Å²) in [5.41, 5.74) is 15.2. The minimum atomic E-state index is -0.662. The minimum Gasteiger partial charge on any atom is -0.352 e. The number of hydrogen-bond donors (Lipinski definition) is 4. The number of amides is 2. The highest BCUT2D eigenvalue weighted by atomic mass is 35.5. The Morgan fingerprint density at radius 1 is 1.17 bits per heavy atom. The third-order valence-electron chi connectivity index (χ3n) is 11.5. The largest absolute Gasteiger partial charge is 0.352 e. The monoisotopic (exact) mass is 695 g/mol. The number of rotatable bonds is 6. The number of hydrogen-bond acceptors (Lipinski definition) is 6. The molecule has 4 aliphatic carbocycles. The van der Waals surface area contributed by atoms with E-state index in [1.54, 1.807) is 6.07 Å². The van der Waals surface area contributed by atoms with Crippen LogP contribution >= 0.6 is 23.2 Å². The normalized spacial score (nSPS) is 28.6. The SMILES string of the molecule is C=C1C2=CCC(N=C(NNC(N)=O)NC3CC4CC(C3C)C4(C)C)C=C2N=C(N2CCN(C(C)C)CC2)N1CCc1ccc(Cl)cc1Cl. The van der Waals surface area contributed by atoms with Gasteiger partial charge in [-0.05, 0) is 86.5 Å². The molecule has 48 heavy (non-hydrogen) atoms. The number of hydrazine groups is 1. The number of fused-ring (bicyclic) bond motifs is 3. The number of halogens is 2. The Balaban J connectivity index is 1.25. The molecule has 5 N–H and O–H groups in total. The molecule has 0 aromatic heterocycles. The molecule has 260 valence electrons. The number of nitrogens with zero attached hydrogens (tertiary/aromatic N) is 5. The van der Waals surface area contributed by atoms with Crippen LogP contribution in [0.15, 0.2) is 63.9 Å². The molecular weight excluding hydrogens is 645 g/mol. The third-order valence-corrected chi connectivity index (χ3v) is 12.1. The van der Waals surface area contributed by atoms with Gasteiger partial charge in [0.05, 0.1) is 11.7 Å². The van der Waals surface area contributed by atoms with Gasteiger partial charge in [0, 0.05) is 66.1 Å². The van der Waals surface area contributed by atoms with Crippen molar-refractivity contribution in [2.75, 3.05) is 32.7 Å². The smallest absolute Gasteiger partial charge is 0.330 e. The number of aliphatic imine (C=N–C) groups is 2. The maximum Gasteiger partial charge on any atom is 0.330 e. The van der Waals surface area contributed by atoms with Crippen molar-refractivity contribution in [1.82, 2.24) is 30.9 Å². The number of guanidine groups is 2. The van der Waals surface area contributed by atoms with Gasteiger partial charge >= 0.3 is 6.03 Å². The summed E-state index contributed by atoms with van der Waals surface area (Å²) in [7, 11) is 0. The van der Waals surface area contributed by atoms with E-state index >= 15 is 0 Å². The van der Waals surface area contributed by atoms with E-state index in [2.05, 4.69) is 84.2 Å². The Morgan fingerprint density at radius 3 is 2.56 bits per heavy atom. The van der Waals surface area contributed by atoms with Gasteiger partial charge in [0.25, 0.3) is 0 Å². The number of primary amides is 1. The lowest BCUT2D eigenvalue weighted by atomic mass is 9.45. The van der Waals surface area contributed by atoms with Gasteiger partial charge in [-0.3, -0.25) is 10.3 Å². The van der Waals surface area contributed by atoms with Crippen molar-refractivity contribution in [3.8, 4) is 0 Å². The maximum absolute atomic E-state index is 11.7. The van der Waals surface area contributed by atoms with Crippen molar-refractivity contribution in [2.45, 2.75) is 78.4 Å². The molecule has 4 fully saturated rings. The molecule has 6 aliphatic rings. The molecule has 1 aromatic carbocycles. The van der Waals surface area contributed by atoms with Gasteiger partial charge in [-0.25, -0.2) is 20.2 Å². The van der Waals surface area contributed by atoms with E-state index in [1.165, 1.54) is 6.42 Å². The fourth-order valence-corrected chi connectivity index (χ4v) is 8.85. The zero-order valence-electron chi connectivity index (χ0n) is 28.9. The molecule has 5 atom stereocenters. The summed E-state index contributed by atoms with van der Waals surface area (Å²) in [5.74, 6) is 3.27. The summed E-state index contributed by atoms with van der Waals surface area (Å²) in [6, 6.07) is 5.59. The van der Waals surface area contributed by atoms with Crippen LogP contribution in [0.5, 0.6) is 0 Å². The summed E-state index contributed by atoms with van der Waals surface area (Å²) in [4.78, 5) is 29.1. The first-order valence-corrected chi connectivity index (χ1v) is 18.1. The van der Waals surface area contributed by atoms with E-state index < -0.39 is 6.03 Å². The Kier molecular flexibility index (Phi) is 10.1. The molecular formula is C36H51Cl2N9O. The van der Waals surface area contributed by atoms with Crippen LogP contribution in [-0.2, 0) is 6.42 Å². The quantitative estimate of drug-likeness (QED) is 0.177. The van der Waals surface area contributed by atoms with Gasteiger partial charge in [-0.15, -0.1) is 0 Å². The first-order chi connectivity index (χ1) is 22.8. The van der Waals surface area contributed by atoms with Crippen LogP contribution in [0.2, 0.25) is 10.0 Å². The van der Waals surface area contributed by atoms with Crippen molar-refractivity contribution >= 4 is 41.2 Å². The number of carbonyl (C=O) groups excluding carboxylic acids is 1. The van der Waals surface area contributed by atoms with E-state index in [1.807, 2.05) is 12.1 Å². The topological polar surface area (TPSA) is 114 Å². The van der Waals surface area contributed by atoms with Crippen molar-refractivity contribution < 1.29 is 4.79 Å². The summed E-state index contributed by atoms with van der Waals surface area (Å²) in [6.45, 7) is 20.6. The van der Waals surface area contributed by atoms with Crippen molar-refractivity contribution in [2.24, 2.45) is 38.9 Å². The zero-order valence-corrected chi connectivity index (χ0v) is 30.4. The molecule has 1 saturated heterocycles. The minimum absolute atomic E-state index is 0.187. The van der Waals surface area contributed by atoms with E-state index in [9.17, 15) is 4.79 Å². The maximum atomic E-state index is 11.7. The van der Waals surface area contributed by atoms with Crippen LogP contribution < -0.4 is 21.9 Å². The van der Waals surface area contributed by atoms with Gasteiger partial charge < -0.3 is 20.9 Å². The van der Waals surface area contributed by atoms with Gasteiger partial charge in [0.1, 0.15) is 0 Å². The number of nitrogens with two attached hydrogens (primary N) is 1. The number of benzene rings is 1. The average Bonchev–Trinajstić information content (AvgIpc) is 3.04. The van der Waals surface area contributed by atoms with Crippen LogP contribution in [-0.4, -0.2) is 83.5 Å². The Bertz CT molecular complexity index is 1540. The summed E-state index contributed by atoms with van der Waals surface area (Å²) >= 11 is 12.7. The fraction of sp³-hybridized carbons (Fsp3) is 0.583. The summed E-state index contributed by atoms with van der Waals surface area (Å²) in [6.07, 6.45) is 8.07. The van der Waals surface area contributed by atoms with Crippen LogP contribution in [0.25, 0.3) is 0 Å². The molecule has 0 radical (unpaired) electrons. The predicted octanol–water partition coefficient (Wildman–Crippen LogP) is 5.52. The molecule has 2 amide bonds. The molecule has 2 heterocycles. The van der Waals surface area contributed by atoms with E-state index in [4.69, 9.17) is 38.9 Å². The molecule has 2 bridgehead atoms. The molecule has 3 saturated carbocycles. The first kappa shape index (κ1) is 34.6. The molecule has 5 unspecified atom stereocenters. The second kappa shape index (κ2) is 14.0. The van der Waals surface area contributed by atoms with Crippen LogP contribution in [0.3, 0.4) is 0 Å². The summed E-state index contributed by atoms with van der Waals surface area (Å²) in [5, 5.41) is 4.93. The molecule has 10 nitrogen and oxygen atoms in total. The van der Waals surface area contributed by atoms with Gasteiger partial charge in [-0.1, -0.05) is 62.7 Å². The molecule has 0 spiro atoms. The van der Waals surface area contributed by atoms with Crippen LogP contribution in [0.1, 0.15) is 59.4 Å². The zero-order chi connectivity index (χ0) is 34.3. The van der Waals surface area contributed by atoms with E-state index in [0.29, 0.717) is 58.2 Å². The van der Waals surface area contributed by atoms with E-state index in [0.717, 1.165) is 67.5 Å². The number of carbonyl (C=O) groups is 1. The Labute approximate surface area is 295 Å². The fourth-order valence-electron chi connectivity index (χ4n) is 8.35. The van der Waals surface area contributed by atoms with Crippen molar-refractivity contribution in [3.05, 3.63) is 69.5 Å². The van der Waals surface area contributed by atoms with Crippen molar-refractivity contribution in [1.29, 1.82) is 0 Å². The highest BCUT2D eigenvalue weighted by Gasteiger charge is 2.56. The first-order valence-electron chi connectivity index (χ1n) is 17.4. The number of urea groups is 1. The molecule has 2 aliphatic heterocycles. The standard InChI is InChI=1S/C36H51Cl2N9O/c1-21(2)45-13-15-46(16-14-45)35-42-32-20-27(9-10-28(32)23(4)47(35)12-11-24-7-8-26(37)19-30(24)38)40-34(44-43-33(39)48)41-31-18-25-17-29(22(31)3)36(25,5)6/h7-8,10,19-22,25,27,29,31H,4,9,11-18H2,1-3,5-6H3,(H3,39,43,48)(H2,40,41,44). The van der Waals surface area contributed by atoms with Crippen LogP contribution in [0, 0.1) is 23.2 Å². The lowest BCUT2D eigenvalue weighted by Crippen LogP contribution is -2.62. The second-order valence-corrected chi connectivity index (χ2v) is 15.7. The second-order valence-electron chi connectivity index (χ2n) is 14.9. The van der Waals surface area contributed by atoms with E-state index in [-0.39, 0.29) is 12.1 Å². The lowest BCUT2D eigenvalue weighted by Gasteiger charge is -2.62. The number of nitrogens with one attached hydrogen (secondary N) is 3. The highest BCUT2D eigenvalue weighted by molar-refractivity contribution is 6.35. The average molecular weight is 697 g/mol. The predicted molar refractivity (Wildman–Crippen MR) is 196 cm³/mol.